The number of ether oxygens (including phenoxy) is 1. The SMILES string of the molecule is CCCCOc1c(C)cc(Cl)cc1I. The van der Waals surface area contributed by atoms with Crippen molar-refractivity contribution in [2.75, 3.05) is 6.61 Å². The van der Waals surface area contributed by atoms with E-state index < -0.39 is 0 Å². The summed E-state index contributed by atoms with van der Waals surface area (Å²) in [5.74, 6) is 0.975. The molecule has 3 heteroatoms. The van der Waals surface area contributed by atoms with Crippen LogP contribution in [0.3, 0.4) is 0 Å². The number of benzene rings is 1. The smallest absolute Gasteiger partial charge is 0.135 e. The van der Waals surface area contributed by atoms with Gasteiger partial charge in [-0.1, -0.05) is 24.9 Å². The third kappa shape index (κ3) is 3.31. The molecule has 0 unspecified atom stereocenters. The summed E-state index contributed by atoms with van der Waals surface area (Å²) in [4.78, 5) is 0. The third-order valence-electron chi connectivity index (χ3n) is 1.94. The van der Waals surface area contributed by atoms with E-state index in [1.807, 2.05) is 19.1 Å². The predicted molar refractivity (Wildman–Crippen MR) is 69.3 cm³/mol. The van der Waals surface area contributed by atoms with Gasteiger partial charge >= 0.3 is 0 Å². The van der Waals surface area contributed by atoms with Crippen LogP contribution < -0.4 is 4.74 Å². The minimum Gasteiger partial charge on any atom is -0.492 e. The van der Waals surface area contributed by atoms with Crippen LogP contribution >= 0.6 is 34.2 Å². The van der Waals surface area contributed by atoms with Crippen molar-refractivity contribution in [3.8, 4) is 5.75 Å². The van der Waals surface area contributed by atoms with Crippen LogP contribution in [0.25, 0.3) is 0 Å². The van der Waals surface area contributed by atoms with E-state index in [1.165, 1.54) is 0 Å². The molecule has 0 aliphatic heterocycles. The first-order valence-corrected chi connectivity index (χ1v) is 6.19. The summed E-state index contributed by atoms with van der Waals surface area (Å²) in [7, 11) is 0. The number of rotatable bonds is 4. The van der Waals surface area contributed by atoms with Gasteiger partial charge in [0.1, 0.15) is 5.75 Å². The molecule has 0 bridgehead atoms. The van der Waals surface area contributed by atoms with Gasteiger partial charge in [0.25, 0.3) is 0 Å². The number of aryl methyl sites for hydroxylation is 1. The highest BCUT2D eigenvalue weighted by molar-refractivity contribution is 14.1. The highest BCUT2D eigenvalue weighted by Gasteiger charge is 2.06. The Bertz CT molecular complexity index is 289. The molecule has 0 radical (unpaired) electrons. The highest BCUT2D eigenvalue weighted by Crippen LogP contribution is 2.29. The zero-order valence-corrected chi connectivity index (χ0v) is 11.4. The molecule has 1 aromatic rings. The number of hydrogen-bond donors (Lipinski definition) is 0. The lowest BCUT2D eigenvalue weighted by atomic mass is 10.2. The second-order valence-corrected chi connectivity index (χ2v) is 4.83. The first-order valence-electron chi connectivity index (χ1n) is 4.73. The Morgan fingerprint density at radius 3 is 2.71 bits per heavy atom. The van der Waals surface area contributed by atoms with E-state index >= 15 is 0 Å². The first kappa shape index (κ1) is 12.1. The van der Waals surface area contributed by atoms with Crippen molar-refractivity contribution < 1.29 is 4.74 Å². The lowest BCUT2D eigenvalue weighted by Gasteiger charge is -2.11. The van der Waals surface area contributed by atoms with E-state index in [2.05, 4.69) is 29.5 Å². The van der Waals surface area contributed by atoms with Crippen molar-refractivity contribution in [2.24, 2.45) is 0 Å². The highest BCUT2D eigenvalue weighted by atomic mass is 127. The van der Waals surface area contributed by atoms with Crippen LogP contribution in [0.4, 0.5) is 0 Å². The quantitative estimate of drug-likeness (QED) is 0.588. The van der Waals surface area contributed by atoms with Gasteiger partial charge in [-0.3, -0.25) is 0 Å². The summed E-state index contributed by atoms with van der Waals surface area (Å²) in [5.41, 5.74) is 1.11. The van der Waals surface area contributed by atoms with Crippen LogP contribution in [0.2, 0.25) is 5.02 Å². The van der Waals surface area contributed by atoms with Crippen LogP contribution in [-0.4, -0.2) is 6.61 Å². The summed E-state index contributed by atoms with van der Waals surface area (Å²) < 4.78 is 6.78. The van der Waals surface area contributed by atoms with E-state index in [0.717, 1.165) is 39.4 Å². The van der Waals surface area contributed by atoms with Gasteiger partial charge in [-0.25, -0.2) is 0 Å². The van der Waals surface area contributed by atoms with Crippen molar-refractivity contribution in [1.29, 1.82) is 0 Å². The van der Waals surface area contributed by atoms with E-state index in [9.17, 15) is 0 Å². The number of hydrogen-bond acceptors (Lipinski definition) is 1. The van der Waals surface area contributed by atoms with E-state index in [4.69, 9.17) is 16.3 Å². The Morgan fingerprint density at radius 1 is 1.43 bits per heavy atom. The lowest BCUT2D eigenvalue weighted by Crippen LogP contribution is -2.00. The standard InChI is InChI=1S/C11H14ClIO/c1-3-4-5-14-11-8(2)6-9(12)7-10(11)13/h6-7H,3-5H2,1-2H3. The fourth-order valence-corrected chi connectivity index (χ4v) is 2.56. The van der Waals surface area contributed by atoms with Gasteiger partial charge in [-0.05, 0) is 53.6 Å². The number of unbranched alkanes of at least 4 members (excludes halogenated alkanes) is 1. The molecule has 1 nitrogen and oxygen atoms in total. The molecular formula is C11H14ClIO. The van der Waals surface area contributed by atoms with Gasteiger partial charge in [-0.15, -0.1) is 0 Å². The average Bonchev–Trinajstić information content (AvgIpc) is 2.09. The van der Waals surface area contributed by atoms with Crippen molar-refractivity contribution in [3.05, 3.63) is 26.3 Å². The Kier molecular flexibility index (Phi) is 5.02. The van der Waals surface area contributed by atoms with Crippen molar-refractivity contribution in [2.45, 2.75) is 26.7 Å². The summed E-state index contributed by atoms with van der Waals surface area (Å²) in [6.07, 6.45) is 2.25. The molecule has 78 valence electrons. The monoisotopic (exact) mass is 324 g/mol. The summed E-state index contributed by atoms with van der Waals surface area (Å²) >= 11 is 8.18. The minimum absolute atomic E-state index is 0.773. The first-order chi connectivity index (χ1) is 6.65. The van der Waals surface area contributed by atoms with Crippen molar-refractivity contribution >= 4 is 34.2 Å². The third-order valence-corrected chi connectivity index (χ3v) is 2.96. The minimum atomic E-state index is 0.773. The normalized spacial score (nSPS) is 10.3. The van der Waals surface area contributed by atoms with Crippen molar-refractivity contribution in [1.82, 2.24) is 0 Å². The van der Waals surface area contributed by atoms with Gasteiger partial charge in [0.2, 0.25) is 0 Å². The van der Waals surface area contributed by atoms with Crippen LogP contribution in [0.1, 0.15) is 25.3 Å². The van der Waals surface area contributed by atoms with Crippen LogP contribution in [0.5, 0.6) is 5.75 Å². The van der Waals surface area contributed by atoms with Crippen LogP contribution in [-0.2, 0) is 0 Å². The largest absolute Gasteiger partial charge is 0.492 e. The fraction of sp³-hybridized carbons (Fsp3) is 0.455. The molecule has 1 aromatic carbocycles. The maximum absolute atomic E-state index is 5.92. The van der Waals surface area contributed by atoms with E-state index in [1.54, 1.807) is 0 Å². The Morgan fingerprint density at radius 2 is 2.14 bits per heavy atom. The number of halogens is 2. The molecule has 0 aromatic heterocycles. The molecule has 0 aliphatic carbocycles. The molecule has 0 N–H and O–H groups in total. The van der Waals surface area contributed by atoms with Crippen LogP contribution in [0.15, 0.2) is 12.1 Å². The molecular weight excluding hydrogens is 310 g/mol. The lowest BCUT2D eigenvalue weighted by molar-refractivity contribution is 0.305. The van der Waals surface area contributed by atoms with Gasteiger partial charge in [-0.2, -0.15) is 0 Å². The fourth-order valence-electron chi connectivity index (χ4n) is 1.19. The molecule has 14 heavy (non-hydrogen) atoms. The second-order valence-electron chi connectivity index (χ2n) is 3.24. The molecule has 0 amide bonds. The molecule has 0 atom stereocenters. The molecule has 0 spiro atoms. The molecule has 0 saturated carbocycles. The summed E-state index contributed by atoms with van der Waals surface area (Å²) in [6.45, 7) is 4.97. The second kappa shape index (κ2) is 5.81. The van der Waals surface area contributed by atoms with Crippen LogP contribution in [0, 0.1) is 10.5 Å². The molecule has 0 aliphatic rings. The Hall–Kier alpha value is 0.0400. The zero-order chi connectivity index (χ0) is 10.6. The summed E-state index contributed by atoms with van der Waals surface area (Å²) in [5, 5.41) is 0.773. The van der Waals surface area contributed by atoms with Gasteiger partial charge in [0, 0.05) is 5.02 Å². The van der Waals surface area contributed by atoms with Crippen molar-refractivity contribution in [3.63, 3.8) is 0 Å². The van der Waals surface area contributed by atoms with Gasteiger partial charge < -0.3 is 4.74 Å². The zero-order valence-electron chi connectivity index (χ0n) is 8.44. The van der Waals surface area contributed by atoms with E-state index in [0.29, 0.717) is 0 Å². The van der Waals surface area contributed by atoms with Gasteiger partial charge in [0.05, 0.1) is 10.2 Å². The van der Waals surface area contributed by atoms with Gasteiger partial charge in [0.15, 0.2) is 0 Å². The predicted octanol–water partition coefficient (Wildman–Crippen LogP) is 4.43. The molecule has 0 fully saturated rings. The maximum atomic E-state index is 5.92. The molecule has 0 saturated heterocycles. The Labute approximate surface area is 104 Å². The summed E-state index contributed by atoms with van der Waals surface area (Å²) in [6, 6.07) is 3.86. The molecule has 0 heterocycles. The Balaban J connectivity index is 2.75. The molecule has 1 rings (SSSR count). The maximum Gasteiger partial charge on any atom is 0.135 e. The topological polar surface area (TPSA) is 9.23 Å². The average molecular weight is 325 g/mol. The van der Waals surface area contributed by atoms with E-state index in [-0.39, 0.29) is 0 Å².